The average Bonchev–Trinajstić information content (AvgIpc) is 2.45. The van der Waals surface area contributed by atoms with E-state index >= 15 is 0 Å². The molecule has 0 saturated heterocycles. The average molecular weight is 298 g/mol. The summed E-state index contributed by atoms with van der Waals surface area (Å²) in [5.41, 5.74) is 0. The lowest BCUT2D eigenvalue weighted by Crippen LogP contribution is -2.29. The summed E-state index contributed by atoms with van der Waals surface area (Å²) >= 11 is -1.21. The van der Waals surface area contributed by atoms with Gasteiger partial charge >= 0.3 is 0 Å². The maximum atomic E-state index is 2.75. The Balaban J connectivity index is 3.98. The summed E-state index contributed by atoms with van der Waals surface area (Å²) < 4.78 is 0. The molecule has 0 aromatic carbocycles. The van der Waals surface area contributed by atoms with Crippen LogP contribution in [0.2, 0.25) is 21.6 Å². The van der Waals surface area contributed by atoms with Crippen LogP contribution >= 0.6 is 0 Å². The van der Waals surface area contributed by atoms with Crippen LogP contribution in [0.25, 0.3) is 0 Å². The van der Waals surface area contributed by atoms with E-state index in [-0.39, 0.29) is 0 Å². The van der Waals surface area contributed by atoms with Crippen LogP contribution in [0.4, 0.5) is 0 Å². The van der Waals surface area contributed by atoms with Gasteiger partial charge in [-0.2, -0.15) is 15.8 Å². The molecule has 1 heteroatoms. The molecule has 0 nitrogen and oxygen atoms in total. The fourth-order valence-electron chi connectivity index (χ4n) is 3.62. The molecule has 0 N–H and O–H groups in total. The largest absolute Gasteiger partial charge is 0.203 e. The van der Waals surface area contributed by atoms with Gasteiger partial charge in [0.15, 0.2) is 0 Å². The summed E-state index contributed by atoms with van der Waals surface area (Å²) in [6, 6.07) is 0. The van der Waals surface area contributed by atoms with Gasteiger partial charge < -0.3 is 0 Å². The minimum Gasteiger partial charge on any atom is -0.203 e. The first-order valence-corrected chi connectivity index (χ1v) is 13.5. The van der Waals surface area contributed by atoms with Crippen molar-refractivity contribution in [2.75, 3.05) is 0 Å². The van der Waals surface area contributed by atoms with Crippen molar-refractivity contribution in [1.29, 1.82) is 0 Å². The predicted octanol–water partition coefficient (Wildman–Crippen LogP) is 7.81. The summed E-state index contributed by atoms with van der Waals surface area (Å²) in [7, 11) is 0. The van der Waals surface area contributed by atoms with Crippen LogP contribution in [0.15, 0.2) is 0 Å². The molecule has 20 heavy (non-hydrogen) atoms. The Morgan fingerprint density at radius 1 is 0.450 bits per heavy atom. The molecule has 0 saturated carbocycles. The standard InChI is InChI=1S/3C6H13.CH3.Al/c3*1-3-5-6-4-2;;/h3*1,3-6H2,2H3;1H3;/q;;;;-1. The summed E-state index contributed by atoms with van der Waals surface area (Å²) in [6.45, 7) is 6.98. The van der Waals surface area contributed by atoms with Crippen LogP contribution in [0.1, 0.15) is 97.8 Å². The van der Waals surface area contributed by atoms with E-state index < -0.39 is 13.1 Å². The third-order valence-corrected chi connectivity index (χ3v) is 10.7. The van der Waals surface area contributed by atoms with E-state index in [0.29, 0.717) is 0 Å². The van der Waals surface area contributed by atoms with Crippen molar-refractivity contribution in [3.63, 3.8) is 0 Å². The third-order valence-electron chi connectivity index (χ3n) is 5.26. The minimum absolute atomic E-state index is 1.21. The fourth-order valence-corrected chi connectivity index (χ4v) is 8.31. The maximum absolute atomic E-state index is 2.75. The van der Waals surface area contributed by atoms with Gasteiger partial charge in [-0.3, -0.25) is 0 Å². The zero-order valence-electron chi connectivity index (χ0n) is 15.2. The number of hydrogen-bond acceptors (Lipinski definition) is 0. The summed E-state index contributed by atoms with van der Waals surface area (Å²) in [5.74, 6) is 2.75. The van der Waals surface area contributed by atoms with Crippen LogP contribution < -0.4 is 0 Å². The van der Waals surface area contributed by atoms with Gasteiger partial charge in [0, 0.05) is 0 Å². The number of unbranched alkanes of at least 4 members (excludes halogenated alkanes) is 9. The minimum atomic E-state index is -1.21. The zero-order chi connectivity index (χ0) is 15.1. The van der Waals surface area contributed by atoms with Gasteiger partial charge in [-0.25, -0.2) is 5.79 Å². The molecule has 0 bridgehead atoms. The second kappa shape index (κ2) is 14.5. The van der Waals surface area contributed by atoms with Crippen molar-refractivity contribution >= 4 is 13.1 Å². The van der Waals surface area contributed by atoms with Crippen LogP contribution in [0.3, 0.4) is 0 Å². The molecule has 0 amide bonds. The second-order valence-electron chi connectivity index (χ2n) is 7.64. The predicted molar refractivity (Wildman–Crippen MR) is 98.5 cm³/mol. The molecule has 0 aliphatic heterocycles. The van der Waals surface area contributed by atoms with Gasteiger partial charge in [0.05, 0.1) is 0 Å². The Labute approximate surface area is 132 Å². The van der Waals surface area contributed by atoms with Gasteiger partial charge in [0.25, 0.3) is 0 Å². The second-order valence-corrected chi connectivity index (χ2v) is 13.6. The normalized spacial score (nSPS) is 12.0. The molecule has 0 aliphatic carbocycles. The molecule has 0 radical (unpaired) electrons. The third kappa shape index (κ3) is 12.3. The number of rotatable bonds is 15. The highest BCUT2D eigenvalue weighted by Crippen LogP contribution is 2.29. The monoisotopic (exact) mass is 297 g/mol. The van der Waals surface area contributed by atoms with Crippen molar-refractivity contribution in [3.8, 4) is 0 Å². The Bertz CT molecular complexity index is 157. The molecule has 0 unspecified atom stereocenters. The fraction of sp³-hybridized carbons (Fsp3) is 1.00. The molecule has 0 rings (SSSR count). The van der Waals surface area contributed by atoms with Crippen molar-refractivity contribution in [3.05, 3.63) is 0 Å². The Hall–Kier alpha value is 0.532. The number of hydrogen-bond donors (Lipinski definition) is 0. The van der Waals surface area contributed by atoms with Crippen LogP contribution in [0.5, 0.6) is 0 Å². The Kier molecular flexibility index (Phi) is 14.9. The van der Waals surface area contributed by atoms with E-state index in [9.17, 15) is 0 Å². The van der Waals surface area contributed by atoms with Crippen molar-refractivity contribution in [2.45, 2.75) is 119 Å². The van der Waals surface area contributed by atoms with Crippen LogP contribution in [-0.2, 0) is 0 Å². The highest BCUT2D eigenvalue weighted by molar-refractivity contribution is 6.78. The summed E-state index contributed by atoms with van der Waals surface area (Å²) in [6.07, 6.45) is 17.6. The lowest BCUT2D eigenvalue weighted by molar-refractivity contribution is 0.666. The van der Waals surface area contributed by atoms with Crippen molar-refractivity contribution in [2.24, 2.45) is 0 Å². The smallest absolute Gasteiger partial charge is 0.131 e. The lowest BCUT2D eigenvalue weighted by Gasteiger charge is -2.32. The first-order valence-electron chi connectivity index (χ1n) is 9.92. The van der Waals surface area contributed by atoms with E-state index in [2.05, 4.69) is 26.6 Å². The van der Waals surface area contributed by atoms with Gasteiger partial charge in [-0.05, 0) is 0 Å². The summed E-state index contributed by atoms with van der Waals surface area (Å²) in [4.78, 5) is 0. The molecular weight excluding hydrogens is 255 g/mol. The molecule has 0 aromatic heterocycles. The molecule has 0 aliphatic rings. The molecule has 0 fully saturated rings. The maximum Gasteiger partial charge on any atom is 0.131 e. The molecule has 0 heterocycles. The van der Waals surface area contributed by atoms with E-state index in [4.69, 9.17) is 0 Å². The molecule has 0 aromatic rings. The van der Waals surface area contributed by atoms with Gasteiger partial charge in [-0.15, -0.1) is 0 Å². The summed E-state index contributed by atoms with van der Waals surface area (Å²) in [5, 5.41) is 4.93. The van der Waals surface area contributed by atoms with E-state index in [1.54, 1.807) is 15.8 Å². The van der Waals surface area contributed by atoms with Gasteiger partial charge in [-0.1, -0.05) is 97.8 Å². The Morgan fingerprint density at radius 3 is 1.00 bits per heavy atom. The van der Waals surface area contributed by atoms with E-state index in [1.807, 2.05) is 0 Å². The van der Waals surface area contributed by atoms with Crippen molar-refractivity contribution < 1.29 is 0 Å². The van der Waals surface area contributed by atoms with Crippen LogP contribution in [-0.4, -0.2) is 13.1 Å². The molecule has 122 valence electrons. The molecule has 0 spiro atoms. The van der Waals surface area contributed by atoms with Crippen molar-refractivity contribution in [1.82, 2.24) is 0 Å². The van der Waals surface area contributed by atoms with E-state index in [1.165, 1.54) is 77.0 Å². The quantitative estimate of drug-likeness (QED) is 0.213. The molecule has 0 atom stereocenters. The SMILES string of the molecule is CCCCC[CH2][Al-]([CH3])([CH2]CCCCC)[CH2]CCCCC. The zero-order valence-corrected chi connectivity index (χ0v) is 16.3. The van der Waals surface area contributed by atoms with Crippen LogP contribution in [0, 0.1) is 0 Å². The van der Waals surface area contributed by atoms with Gasteiger partial charge in [0.2, 0.25) is 0 Å². The highest BCUT2D eigenvalue weighted by Gasteiger charge is 2.21. The first kappa shape index (κ1) is 20.5. The Morgan fingerprint density at radius 2 is 0.750 bits per heavy atom. The van der Waals surface area contributed by atoms with Gasteiger partial charge in [0.1, 0.15) is 13.1 Å². The first-order chi connectivity index (χ1) is 9.68. The lowest BCUT2D eigenvalue weighted by atomic mass is 10.2. The molecular formula is C19H42Al-. The van der Waals surface area contributed by atoms with E-state index in [0.717, 1.165) is 0 Å². The highest BCUT2D eigenvalue weighted by atomic mass is 27.2. The topological polar surface area (TPSA) is 0 Å².